The van der Waals surface area contributed by atoms with Crippen LogP contribution in [0, 0.1) is 5.92 Å². The van der Waals surface area contributed by atoms with Gasteiger partial charge in [-0.3, -0.25) is 0 Å². The van der Waals surface area contributed by atoms with Gasteiger partial charge in [0.05, 0.1) is 11.1 Å². The molecule has 0 atom stereocenters. The van der Waals surface area contributed by atoms with Gasteiger partial charge in [0, 0.05) is 12.1 Å². The van der Waals surface area contributed by atoms with Crippen molar-refractivity contribution in [2.24, 2.45) is 5.92 Å². The van der Waals surface area contributed by atoms with Crippen molar-refractivity contribution in [2.45, 2.75) is 53.0 Å². The van der Waals surface area contributed by atoms with Crippen LogP contribution < -0.4 is 10.1 Å². The van der Waals surface area contributed by atoms with E-state index in [4.69, 9.17) is 4.74 Å². The monoisotopic (exact) mass is 341 g/mol. The van der Waals surface area contributed by atoms with Gasteiger partial charge in [0.1, 0.15) is 5.75 Å². The molecule has 0 aliphatic carbocycles. The zero-order valence-electron chi connectivity index (χ0n) is 13.0. The molecule has 0 saturated carbocycles. The van der Waals surface area contributed by atoms with Crippen molar-refractivity contribution >= 4 is 15.9 Å². The Bertz CT molecular complexity index is 379. The summed E-state index contributed by atoms with van der Waals surface area (Å²) in [5.41, 5.74) is 1.23. The van der Waals surface area contributed by atoms with E-state index in [1.165, 1.54) is 24.8 Å². The minimum Gasteiger partial charge on any atom is -0.492 e. The van der Waals surface area contributed by atoms with Gasteiger partial charge in [-0.05, 0) is 40.9 Å². The van der Waals surface area contributed by atoms with Crippen molar-refractivity contribution in [3.8, 4) is 5.75 Å². The van der Waals surface area contributed by atoms with Crippen LogP contribution in [-0.4, -0.2) is 13.2 Å². The van der Waals surface area contributed by atoms with Crippen LogP contribution in [0.4, 0.5) is 0 Å². The molecule has 114 valence electrons. The SMILES string of the molecule is CCCCCCOc1c(Br)cccc1CNCC(C)C. The molecule has 0 aromatic heterocycles. The maximum Gasteiger partial charge on any atom is 0.137 e. The Morgan fingerprint density at radius 3 is 2.70 bits per heavy atom. The van der Waals surface area contributed by atoms with Gasteiger partial charge in [-0.15, -0.1) is 0 Å². The number of nitrogens with one attached hydrogen (secondary N) is 1. The lowest BCUT2D eigenvalue weighted by Crippen LogP contribution is -2.19. The first-order chi connectivity index (χ1) is 9.65. The van der Waals surface area contributed by atoms with Crippen LogP contribution in [0.3, 0.4) is 0 Å². The van der Waals surface area contributed by atoms with E-state index in [1.807, 2.05) is 6.07 Å². The van der Waals surface area contributed by atoms with E-state index in [1.54, 1.807) is 0 Å². The van der Waals surface area contributed by atoms with Gasteiger partial charge in [0.15, 0.2) is 0 Å². The van der Waals surface area contributed by atoms with Gasteiger partial charge in [-0.25, -0.2) is 0 Å². The second kappa shape index (κ2) is 10.2. The molecule has 2 nitrogen and oxygen atoms in total. The van der Waals surface area contributed by atoms with Crippen LogP contribution >= 0.6 is 15.9 Å². The van der Waals surface area contributed by atoms with Crippen molar-refractivity contribution < 1.29 is 4.74 Å². The third-order valence-electron chi connectivity index (χ3n) is 3.16. The van der Waals surface area contributed by atoms with Gasteiger partial charge in [0.2, 0.25) is 0 Å². The Labute approximate surface area is 132 Å². The number of para-hydroxylation sites is 1. The molecule has 0 radical (unpaired) electrons. The highest BCUT2D eigenvalue weighted by molar-refractivity contribution is 9.10. The predicted octanol–water partition coefficient (Wildman–Crippen LogP) is 5.15. The molecule has 0 aliphatic heterocycles. The van der Waals surface area contributed by atoms with Gasteiger partial charge in [-0.2, -0.15) is 0 Å². The summed E-state index contributed by atoms with van der Waals surface area (Å²) in [5, 5.41) is 3.48. The summed E-state index contributed by atoms with van der Waals surface area (Å²) in [6, 6.07) is 6.26. The highest BCUT2D eigenvalue weighted by Gasteiger charge is 2.08. The molecule has 0 amide bonds. The zero-order valence-corrected chi connectivity index (χ0v) is 14.6. The van der Waals surface area contributed by atoms with Gasteiger partial charge < -0.3 is 10.1 Å². The first-order valence-electron chi connectivity index (χ1n) is 7.76. The average Bonchev–Trinajstić information content (AvgIpc) is 2.40. The number of hydrogen-bond acceptors (Lipinski definition) is 2. The summed E-state index contributed by atoms with van der Waals surface area (Å²) in [4.78, 5) is 0. The minimum absolute atomic E-state index is 0.667. The summed E-state index contributed by atoms with van der Waals surface area (Å²) >= 11 is 3.60. The number of halogens is 1. The summed E-state index contributed by atoms with van der Waals surface area (Å²) < 4.78 is 7.04. The number of rotatable bonds is 10. The topological polar surface area (TPSA) is 21.3 Å². The molecular weight excluding hydrogens is 314 g/mol. The van der Waals surface area contributed by atoms with E-state index in [2.05, 4.69) is 54.2 Å². The van der Waals surface area contributed by atoms with E-state index in [-0.39, 0.29) is 0 Å². The Hall–Kier alpha value is -0.540. The largest absolute Gasteiger partial charge is 0.492 e. The third-order valence-corrected chi connectivity index (χ3v) is 3.79. The maximum atomic E-state index is 5.99. The van der Waals surface area contributed by atoms with E-state index in [9.17, 15) is 0 Å². The second-order valence-electron chi connectivity index (χ2n) is 5.66. The quantitative estimate of drug-likeness (QED) is 0.594. The molecule has 1 aromatic carbocycles. The second-order valence-corrected chi connectivity index (χ2v) is 6.52. The van der Waals surface area contributed by atoms with Crippen LogP contribution in [0.25, 0.3) is 0 Å². The molecule has 0 fully saturated rings. The lowest BCUT2D eigenvalue weighted by molar-refractivity contribution is 0.299. The predicted molar refractivity (Wildman–Crippen MR) is 90.3 cm³/mol. The van der Waals surface area contributed by atoms with Crippen LogP contribution in [0.15, 0.2) is 22.7 Å². The molecule has 1 aromatic rings. The van der Waals surface area contributed by atoms with Gasteiger partial charge in [0.25, 0.3) is 0 Å². The van der Waals surface area contributed by atoms with Gasteiger partial charge in [-0.1, -0.05) is 52.2 Å². The standard InChI is InChI=1S/C17H28BrNO/c1-4-5-6-7-11-20-17-15(9-8-10-16(17)18)13-19-12-14(2)3/h8-10,14,19H,4-7,11-13H2,1-3H3. The highest BCUT2D eigenvalue weighted by Crippen LogP contribution is 2.29. The summed E-state index contributed by atoms with van der Waals surface area (Å²) in [6.07, 6.45) is 4.94. The number of hydrogen-bond donors (Lipinski definition) is 1. The van der Waals surface area contributed by atoms with E-state index in [0.29, 0.717) is 5.92 Å². The molecule has 1 N–H and O–H groups in total. The van der Waals surface area contributed by atoms with Crippen molar-refractivity contribution in [1.82, 2.24) is 5.32 Å². The van der Waals surface area contributed by atoms with Crippen LogP contribution in [0.1, 0.15) is 52.0 Å². The lowest BCUT2D eigenvalue weighted by Gasteiger charge is -2.14. The van der Waals surface area contributed by atoms with Gasteiger partial charge >= 0.3 is 0 Å². The first-order valence-corrected chi connectivity index (χ1v) is 8.55. The molecule has 20 heavy (non-hydrogen) atoms. The molecule has 1 rings (SSSR count). The average molecular weight is 342 g/mol. The Morgan fingerprint density at radius 2 is 2.00 bits per heavy atom. The minimum atomic E-state index is 0.667. The lowest BCUT2D eigenvalue weighted by atomic mass is 10.1. The number of unbranched alkanes of at least 4 members (excludes halogenated alkanes) is 3. The maximum absolute atomic E-state index is 5.99. The molecule has 0 spiro atoms. The molecular formula is C17H28BrNO. The molecule has 3 heteroatoms. The van der Waals surface area contributed by atoms with Crippen LogP contribution in [0.5, 0.6) is 5.75 Å². The number of benzene rings is 1. The van der Waals surface area contributed by atoms with Crippen molar-refractivity contribution in [3.63, 3.8) is 0 Å². The first kappa shape index (κ1) is 17.5. The Kier molecular flexibility index (Phi) is 8.95. The van der Waals surface area contributed by atoms with Crippen molar-refractivity contribution in [1.29, 1.82) is 0 Å². The molecule has 0 heterocycles. The molecule has 0 saturated heterocycles. The fraction of sp³-hybridized carbons (Fsp3) is 0.647. The third kappa shape index (κ3) is 6.76. The normalized spacial score (nSPS) is 11.1. The highest BCUT2D eigenvalue weighted by atomic mass is 79.9. The Balaban J connectivity index is 2.49. The summed E-state index contributed by atoms with van der Waals surface area (Å²) in [6.45, 7) is 9.37. The summed E-state index contributed by atoms with van der Waals surface area (Å²) in [7, 11) is 0. The van der Waals surface area contributed by atoms with E-state index in [0.717, 1.165) is 36.3 Å². The molecule has 0 bridgehead atoms. The van der Waals surface area contributed by atoms with E-state index >= 15 is 0 Å². The zero-order chi connectivity index (χ0) is 14.8. The fourth-order valence-corrected chi connectivity index (χ4v) is 2.57. The summed E-state index contributed by atoms with van der Waals surface area (Å²) in [5.74, 6) is 1.67. The number of ether oxygens (including phenoxy) is 1. The van der Waals surface area contributed by atoms with Crippen LogP contribution in [-0.2, 0) is 6.54 Å². The fourth-order valence-electron chi connectivity index (χ4n) is 2.05. The smallest absolute Gasteiger partial charge is 0.137 e. The Morgan fingerprint density at radius 1 is 1.20 bits per heavy atom. The van der Waals surface area contributed by atoms with Crippen molar-refractivity contribution in [3.05, 3.63) is 28.2 Å². The van der Waals surface area contributed by atoms with Crippen LogP contribution in [0.2, 0.25) is 0 Å². The molecule has 0 unspecified atom stereocenters. The van der Waals surface area contributed by atoms with Crippen molar-refractivity contribution in [2.75, 3.05) is 13.2 Å². The molecule has 0 aliphatic rings. The van der Waals surface area contributed by atoms with E-state index < -0.39 is 0 Å².